The van der Waals surface area contributed by atoms with Crippen LogP contribution in [0, 0.1) is 0 Å². The number of carbonyl (C=O) groups is 1. The van der Waals surface area contributed by atoms with Crippen molar-refractivity contribution in [2.75, 3.05) is 20.3 Å². The topological polar surface area (TPSA) is 84.5 Å². The molecule has 6 nitrogen and oxygen atoms in total. The van der Waals surface area contributed by atoms with E-state index >= 15 is 0 Å². The van der Waals surface area contributed by atoms with Crippen LogP contribution in [-0.4, -0.2) is 34.6 Å². The summed E-state index contributed by atoms with van der Waals surface area (Å²) < 4.78 is 32.8. The average molecular weight is 405 g/mol. The number of sulfonamides is 1. The van der Waals surface area contributed by atoms with E-state index in [1.54, 1.807) is 31.4 Å². The zero-order chi connectivity index (χ0) is 20.4. The van der Waals surface area contributed by atoms with Crippen LogP contribution in [0.3, 0.4) is 0 Å². The third-order valence-corrected chi connectivity index (χ3v) is 5.91. The molecule has 152 valence electrons. The molecule has 0 saturated heterocycles. The molecule has 0 spiro atoms. The Balaban J connectivity index is 1.87. The molecule has 0 fully saturated rings. The van der Waals surface area contributed by atoms with Gasteiger partial charge in [0, 0.05) is 32.7 Å². The second-order valence-corrected chi connectivity index (χ2v) is 8.31. The molecule has 0 bridgehead atoms. The summed E-state index contributed by atoms with van der Waals surface area (Å²) in [6.07, 6.45) is 1.70. The molecule has 0 aliphatic heterocycles. The van der Waals surface area contributed by atoms with Gasteiger partial charge in [-0.05, 0) is 43.0 Å². The molecule has 0 aliphatic rings. The maximum Gasteiger partial charge on any atom is 0.241 e. The fourth-order valence-electron chi connectivity index (χ4n) is 2.74. The van der Waals surface area contributed by atoms with Gasteiger partial charge in [-0.15, -0.1) is 0 Å². The van der Waals surface area contributed by atoms with Gasteiger partial charge in [0.05, 0.1) is 4.90 Å². The zero-order valence-corrected chi connectivity index (χ0v) is 17.2. The first-order valence-electron chi connectivity index (χ1n) is 9.34. The van der Waals surface area contributed by atoms with Crippen LogP contribution in [0.2, 0.25) is 0 Å². The monoisotopic (exact) mass is 404 g/mol. The summed E-state index contributed by atoms with van der Waals surface area (Å²) in [4.78, 5) is 12.0. The number of hydrogen-bond donors (Lipinski definition) is 2. The lowest BCUT2D eigenvalue weighted by Gasteiger charge is -2.15. The Bertz CT molecular complexity index is 836. The van der Waals surface area contributed by atoms with E-state index in [1.165, 1.54) is 0 Å². The minimum atomic E-state index is -3.61. The Hall–Kier alpha value is -2.22. The summed E-state index contributed by atoms with van der Waals surface area (Å²) >= 11 is 0. The first-order valence-corrected chi connectivity index (χ1v) is 10.8. The van der Waals surface area contributed by atoms with E-state index in [0.717, 1.165) is 17.5 Å². The molecule has 0 aliphatic carbocycles. The summed E-state index contributed by atoms with van der Waals surface area (Å²) in [7, 11) is -1.99. The van der Waals surface area contributed by atoms with E-state index in [4.69, 9.17) is 4.74 Å². The molecule has 1 amide bonds. The Morgan fingerprint density at radius 3 is 2.39 bits per heavy atom. The van der Waals surface area contributed by atoms with Crippen LogP contribution in [0.15, 0.2) is 59.5 Å². The third kappa shape index (κ3) is 7.07. The number of amides is 1. The minimum Gasteiger partial charge on any atom is -0.385 e. The van der Waals surface area contributed by atoms with Crippen molar-refractivity contribution in [2.24, 2.45) is 0 Å². The van der Waals surface area contributed by atoms with Gasteiger partial charge < -0.3 is 10.1 Å². The van der Waals surface area contributed by atoms with E-state index in [2.05, 4.69) is 10.0 Å². The highest BCUT2D eigenvalue weighted by atomic mass is 32.2. The number of benzene rings is 2. The van der Waals surface area contributed by atoms with Gasteiger partial charge in [-0.2, -0.15) is 0 Å². The summed E-state index contributed by atoms with van der Waals surface area (Å²) in [6, 6.07) is 15.7. The average Bonchev–Trinajstić information content (AvgIpc) is 2.70. The maximum atomic E-state index is 12.6. The Kier molecular flexibility index (Phi) is 8.63. The van der Waals surface area contributed by atoms with Crippen LogP contribution >= 0.6 is 0 Å². The minimum absolute atomic E-state index is 0.0221. The largest absolute Gasteiger partial charge is 0.385 e. The predicted molar refractivity (Wildman–Crippen MR) is 109 cm³/mol. The molecule has 0 radical (unpaired) electrons. The Morgan fingerprint density at radius 2 is 1.75 bits per heavy atom. The molecule has 7 heteroatoms. The number of aryl methyl sites for hydroxylation is 1. The van der Waals surface area contributed by atoms with Gasteiger partial charge in [0.1, 0.15) is 0 Å². The molecule has 2 aromatic carbocycles. The molecule has 2 N–H and O–H groups in total. The Labute approximate surface area is 167 Å². The van der Waals surface area contributed by atoms with Crippen molar-refractivity contribution < 1.29 is 17.9 Å². The molecule has 2 aromatic rings. The first-order chi connectivity index (χ1) is 13.4. The van der Waals surface area contributed by atoms with Crippen LogP contribution in [-0.2, 0) is 26.0 Å². The third-order valence-electron chi connectivity index (χ3n) is 4.35. The zero-order valence-electron chi connectivity index (χ0n) is 16.4. The smallest absolute Gasteiger partial charge is 0.241 e. The number of methoxy groups -OCH3 is 1. The number of ether oxygens (including phenoxy) is 1. The van der Waals surface area contributed by atoms with Gasteiger partial charge in [0.25, 0.3) is 0 Å². The molecule has 2 rings (SSSR count). The number of carbonyl (C=O) groups excluding carboxylic acids is 1. The van der Waals surface area contributed by atoms with Crippen molar-refractivity contribution >= 4 is 15.9 Å². The fraction of sp³-hybridized carbons (Fsp3) is 0.381. The highest BCUT2D eigenvalue weighted by Gasteiger charge is 2.18. The van der Waals surface area contributed by atoms with Crippen molar-refractivity contribution in [3.8, 4) is 0 Å². The lowest BCUT2D eigenvalue weighted by Crippen LogP contribution is -2.27. The van der Waals surface area contributed by atoms with E-state index < -0.39 is 10.0 Å². The van der Waals surface area contributed by atoms with Gasteiger partial charge in [-0.25, -0.2) is 13.1 Å². The molecule has 0 aromatic heterocycles. The lowest BCUT2D eigenvalue weighted by molar-refractivity contribution is -0.121. The van der Waals surface area contributed by atoms with E-state index in [-0.39, 0.29) is 16.8 Å². The normalized spacial score (nSPS) is 12.5. The second-order valence-electron chi connectivity index (χ2n) is 6.59. The van der Waals surface area contributed by atoms with Crippen LogP contribution in [0.4, 0.5) is 0 Å². The molecule has 28 heavy (non-hydrogen) atoms. The van der Waals surface area contributed by atoms with Crippen LogP contribution in [0.25, 0.3) is 0 Å². The van der Waals surface area contributed by atoms with Crippen molar-refractivity contribution in [2.45, 2.75) is 37.1 Å². The van der Waals surface area contributed by atoms with Gasteiger partial charge >= 0.3 is 0 Å². The van der Waals surface area contributed by atoms with E-state index in [1.807, 2.05) is 37.3 Å². The van der Waals surface area contributed by atoms with E-state index in [9.17, 15) is 13.2 Å². The van der Waals surface area contributed by atoms with Crippen molar-refractivity contribution in [1.82, 2.24) is 10.0 Å². The molecular formula is C21H28N2O4S. The summed E-state index contributed by atoms with van der Waals surface area (Å²) in [5.74, 6) is -0.0221. The van der Waals surface area contributed by atoms with Gasteiger partial charge in [-0.3, -0.25) is 4.79 Å². The van der Waals surface area contributed by atoms with Crippen molar-refractivity contribution in [3.63, 3.8) is 0 Å². The molecular weight excluding hydrogens is 376 g/mol. The number of nitrogens with one attached hydrogen (secondary N) is 2. The summed E-state index contributed by atoms with van der Waals surface area (Å²) in [5, 5.41) is 2.84. The van der Waals surface area contributed by atoms with Crippen LogP contribution in [0.5, 0.6) is 0 Å². The molecule has 0 unspecified atom stereocenters. The number of rotatable bonds is 11. The van der Waals surface area contributed by atoms with Crippen LogP contribution < -0.4 is 10.0 Å². The van der Waals surface area contributed by atoms with Crippen molar-refractivity contribution in [1.29, 1.82) is 0 Å². The maximum absolute atomic E-state index is 12.6. The Morgan fingerprint density at radius 1 is 1.07 bits per heavy atom. The summed E-state index contributed by atoms with van der Waals surface area (Å²) in [5.41, 5.74) is 1.82. The standard InChI is InChI=1S/C21H28N2O4S/c1-17(19-7-4-3-5-8-19)23-28(25,26)20-12-9-18(10-13-20)11-14-21(24)22-15-6-16-27-2/h3-5,7-10,12-13,17,23H,6,11,14-16H2,1-2H3,(H,22,24)/t17-/m1/s1. The lowest BCUT2D eigenvalue weighted by atomic mass is 10.1. The molecule has 0 saturated carbocycles. The summed E-state index contributed by atoms with van der Waals surface area (Å²) in [6.45, 7) is 3.02. The first kappa shape index (κ1) is 22.1. The predicted octanol–water partition coefficient (Wildman–Crippen LogP) is 2.81. The fourth-order valence-corrected chi connectivity index (χ4v) is 3.97. The quantitative estimate of drug-likeness (QED) is 0.564. The van der Waals surface area contributed by atoms with Gasteiger partial charge in [0.15, 0.2) is 0 Å². The molecule has 1 atom stereocenters. The van der Waals surface area contributed by atoms with E-state index in [0.29, 0.717) is 26.0 Å². The molecule has 0 heterocycles. The van der Waals surface area contributed by atoms with Crippen molar-refractivity contribution in [3.05, 3.63) is 65.7 Å². The SMILES string of the molecule is COCCCNC(=O)CCc1ccc(S(=O)(=O)N[C@H](C)c2ccccc2)cc1. The second kappa shape index (κ2) is 10.9. The van der Waals surface area contributed by atoms with Gasteiger partial charge in [-0.1, -0.05) is 42.5 Å². The highest BCUT2D eigenvalue weighted by Crippen LogP contribution is 2.17. The highest BCUT2D eigenvalue weighted by molar-refractivity contribution is 7.89. The van der Waals surface area contributed by atoms with Crippen LogP contribution in [0.1, 0.15) is 36.9 Å². The van der Waals surface area contributed by atoms with Gasteiger partial charge in [0.2, 0.25) is 15.9 Å². The number of hydrogen-bond acceptors (Lipinski definition) is 4.